The molecule has 0 unspecified atom stereocenters. The largest absolute Gasteiger partial charge is 0.375 e. The van der Waals surface area contributed by atoms with Gasteiger partial charge in [0.2, 0.25) is 11.8 Å². The molecular weight excluding hydrogens is 280 g/mol. The molecule has 2 heterocycles. The lowest BCUT2D eigenvalue weighted by atomic mass is 10.4. The fraction of sp³-hybridized carbons (Fsp3) is 0.375. The van der Waals surface area contributed by atoms with Crippen molar-refractivity contribution in [1.29, 1.82) is 0 Å². The first kappa shape index (κ1) is 12.9. The normalized spacial score (nSPS) is 17.8. The minimum Gasteiger partial charge on any atom is -0.375 e. The summed E-state index contributed by atoms with van der Waals surface area (Å²) >= 11 is 0.811. The minimum atomic E-state index is -3.91. The average molecular weight is 290 g/mol. The molecule has 1 aromatic heterocycles. The molecule has 1 saturated heterocycles. The first-order valence-electron chi connectivity index (χ1n) is 4.86. The van der Waals surface area contributed by atoms with Gasteiger partial charge >= 0.3 is 0 Å². The molecule has 1 aliphatic heterocycles. The summed E-state index contributed by atoms with van der Waals surface area (Å²) in [7, 11) is -3.91. The smallest absolute Gasteiger partial charge is 0.255 e. The second-order valence-corrected chi connectivity index (χ2v) is 6.83. The van der Waals surface area contributed by atoms with Crippen molar-refractivity contribution in [2.24, 2.45) is 0 Å². The highest BCUT2D eigenvalue weighted by molar-refractivity contribution is 7.91. The molecule has 2 amide bonds. The summed E-state index contributed by atoms with van der Waals surface area (Å²) in [6.07, 6.45) is 0. The van der Waals surface area contributed by atoms with Crippen LogP contribution >= 0.6 is 11.3 Å². The van der Waals surface area contributed by atoms with Crippen LogP contribution in [0.15, 0.2) is 4.21 Å². The zero-order valence-corrected chi connectivity index (χ0v) is 11.0. The Morgan fingerprint density at radius 2 is 1.89 bits per heavy atom. The van der Waals surface area contributed by atoms with Gasteiger partial charge in [0, 0.05) is 0 Å². The van der Waals surface area contributed by atoms with Crippen LogP contribution in [0.4, 0.5) is 5.13 Å². The number of nitrogen functional groups attached to an aromatic ring is 1. The quantitative estimate of drug-likeness (QED) is 0.651. The van der Waals surface area contributed by atoms with Gasteiger partial charge in [-0.2, -0.15) is 4.31 Å². The highest BCUT2D eigenvalue weighted by Gasteiger charge is 2.35. The van der Waals surface area contributed by atoms with E-state index >= 15 is 0 Å². The summed E-state index contributed by atoms with van der Waals surface area (Å²) in [6, 6.07) is 0. The van der Waals surface area contributed by atoms with E-state index in [2.05, 4.69) is 4.98 Å². The van der Waals surface area contributed by atoms with Crippen LogP contribution < -0.4 is 11.1 Å². The van der Waals surface area contributed by atoms with Crippen molar-refractivity contribution in [2.75, 3.05) is 18.8 Å². The number of anilines is 1. The van der Waals surface area contributed by atoms with Crippen molar-refractivity contribution < 1.29 is 18.0 Å². The summed E-state index contributed by atoms with van der Waals surface area (Å²) in [5.74, 6) is -1.30. The van der Waals surface area contributed by atoms with E-state index in [1.54, 1.807) is 0 Å². The van der Waals surface area contributed by atoms with Gasteiger partial charge in [-0.25, -0.2) is 13.4 Å². The summed E-state index contributed by atoms with van der Waals surface area (Å²) in [5, 5.41) is 2.16. The minimum absolute atomic E-state index is 0.0394. The van der Waals surface area contributed by atoms with E-state index in [1.165, 1.54) is 6.92 Å². The van der Waals surface area contributed by atoms with Gasteiger partial charge in [0.25, 0.3) is 10.0 Å². The molecule has 3 N–H and O–H groups in total. The fourth-order valence-corrected chi connectivity index (χ4v) is 4.33. The molecule has 2 rings (SSSR count). The van der Waals surface area contributed by atoms with Crippen LogP contribution in [-0.2, 0) is 19.6 Å². The Morgan fingerprint density at radius 3 is 2.33 bits per heavy atom. The van der Waals surface area contributed by atoms with E-state index in [4.69, 9.17) is 5.73 Å². The Kier molecular flexibility index (Phi) is 3.09. The van der Waals surface area contributed by atoms with Gasteiger partial charge in [0.15, 0.2) is 9.34 Å². The number of carbonyl (C=O) groups is 2. The topological polar surface area (TPSA) is 122 Å². The third-order valence-corrected chi connectivity index (χ3v) is 5.63. The fourth-order valence-electron chi connectivity index (χ4n) is 1.54. The molecule has 1 aromatic rings. The molecule has 1 aliphatic rings. The van der Waals surface area contributed by atoms with Crippen LogP contribution in [0.5, 0.6) is 0 Å². The number of nitrogens with one attached hydrogen (secondary N) is 1. The molecule has 98 valence electrons. The number of amides is 2. The van der Waals surface area contributed by atoms with Crippen LogP contribution in [0.1, 0.15) is 5.69 Å². The highest BCUT2D eigenvalue weighted by Crippen LogP contribution is 2.28. The zero-order chi connectivity index (χ0) is 13.5. The molecule has 0 atom stereocenters. The first-order valence-corrected chi connectivity index (χ1v) is 7.12. The van der Waals surface area contributed by atoms with Gasteiger partial charge in [-0.05, 0) is 6.92 Å². The number of thiazole rings is 1. The van der Waals surface area contributed by atoms with E-state index in [1.807, 2.05) is 5.32 Å². The van der Waals surface area contributed by atoms with Crippen molar-refractivity contribution in [3.8, 4) is 0 Å². The summed E-state index contributed by atoms with van der Waals surface area (Å²) in [6.45, 7) is 0.738. The molecule has 8 nitrogen and oxygen atoms in total. The second kappa shape index (κ2) is 4.30. The number of nitrogens with two attached hydrogens (primary N) is 1. The molecule has 0 radical (unpaired) electrons. The van der Waals surface area contributed by atoms with E-state index in [0.717, 1.165) is 15.6 Å². The number of piperazine rings is 1. The monoisotopic (exact) mass is 290 g/mol. The maximum absolute atomic E-state index is 12.2. The molecule has 10 heteroatoms. The van der Waals surface area contributed by atoms with E-state index in [9.17, 15) is 18.0 Å². The molecule has 0 spiro atoms. The number of carbonyl (C=O) groups excluding carboxylic acids is 2. The van der Waals surface area contributed by atoms with E-state index < -0.39 is 21.8 Å². The molecule has 0 bridgehead atoms. The summed E-state index contributed by atoms with van der Waals surface area (Å²) < 4.78 is 25.2. The van der Waals surface area contributed by atoms with Crippen molar-refractivity contribution >= 4 is 38.3 Å². The van der Waals surface area contributed by atoms with Crippen LogP contribution in [0.25, 0.3) is 0 Å². The lowest BCUT2D eigenvalue weighted by Crippen LogP contribution is -2.53. The predicted octanol–water partition coefficient (Wildman–Crippen LogP) is -1.32. The lowest BCUT2D eigenvalue weighted by Gasteiger charge is -2.24. The molecule has 1 fully saturated rings. The standard InChI is InChI=1S/C8H10N4O4S2/c1-4-7(17-8(9)10-4)18(15,16)12-2-5(13)11-6(14)3-12/h2-3H2,1H3,(H2,9,10)(H,11,13,14). The average Bonchev–Trinajstić information content (AvgIpc) is 2.57. The van der Waals surface area contributed by atoms with Gasteiger partial charge in [-0.15, -0.1) is 0 Å². The molecule has 18 heavy (non-hydrogen) atoms. The van der Waals surface area contributed by atoms with Crippen LogP contribution in [0, 0.1) is 6.92 Å². The third kappa shape index (κ3) is 2.21. The molecule has 0 aromatic carbocycles. The van der Waals surface area contributed by atoms with E-state index in [-0.39, 0.29) is 28.1 Å². The number of hydrogen-bond acceptors (Lipinski definition) is 7. The van der Waals surface area contributed by atoms with E-state index in [0.29, 0.717) is 0 Å². The van der Waals surface area contributed by atoms with Gasteiger partial charge in [-0.3, -0.25) is 14.9 Å². The number of nitrogens with zero attached hydrogens (tertiary/aromatic N) is 2. The number of imide groups is 1. The van der Waals surface area contributed by atoms with Crippen LogP contribution in [-0.4, -0.2) is 42.6 Å². The van der Waals surface area contributed by atoms with Crippen molar-refractivity contribution in [1.82, 2.24) is 14.6 Å². The Bertz CT molecular complexity index is 605. The summed E-state index contributed by atoms with van der Waals surface area (Å²) in [4.78, 5) is 26.2. The molecule has 0 saturated carbocycles. The van der Waals surface area contributed by atoms with Crippen molar-refractivity contribution in [3.05, 3.63) is 5.69 Å². The Morgan fingerprint density at radius 1 is 1.33 bits per heavy atom. The number of sulfonamides is 1. The second-order valence-electron chi connectivity index (χ2n) is 3.67. The summed E-state index contributed by atoms with van der Waals surface area (Å²) in [5.41, 5.74) is 5.70. The maximum atomic E-state index is 12.2. The Balaban J connectivity index is 2.40. The number of aromatic nitrogens is 1. The lowest BCUT2D eigenvalue weighted by molar-refractivity contribution is -0.134. The zero-order valence-electron chi connectivity index (χ0n) is 9.34. The van der Waals surface area contributed by atoms with Crippen LogP contribution in [0.3, 0.4) is 0 Å². The molecule has 0 aliphatic carbocycles. The van der Waals surface area contributed by atoms with Gasteiger partial charge < -0.3 is 5.73 Å². The maximum Gasteiger partial charge on any atom is 0.255 e. The Hall–Kier alpha value is -1.52. The highest BCUT2D eigenvalue weighted by atomic mass is 32.2. The van der Waals surface area contributed by atoms with Crippen LogP contribution in [0.2, 0.25) is 0 Å². The number of hydrogen-bond donors (Lipinski definition) is 2. The molecular formula is C8H10N4O4S2. The van der Waals surface area contributed by atoms with Gasteiger partial charge in [0.05, 0.1) is 18.8 Å². The predicted molar refractivity (Wildman–Crippen MR) is 63.2 cm³/mol. The third-order valence-electron chi connectivity index (χ3n) is 2.26. The number of rotatable bonds is 2. The number of aryl methyl sites for hydroxylation is 1. The van der Waals surface area contributed by atoms with Gasteiger partial charge in [0.1, 0.15) is 0 Å². The van der Waals surface area contributed by atoms with Crippen molar-refractivity contribution in [2.45, 2.75) is 11.1 Å². The first-order chi connectivity index (χ1) is 8.30. The van der Waals surface area contributed by atoms with Crippen molar-refractivity contribution in [3.63, 3.8) is 0 Å². The SMILES string of the molecule is Cc1nc(N)sc1S(=O)(=O)N1CC(=O)NC(=O)C1. The Labute approximate surface area is 107 Å². The van der Waals surface area contributed by atoms with Gasteiger partial charge in [-0.1, -0.05) is 11.3 Å².